The van der Waals surface area contributed by atoms with Gasteiger partial charge in [-0.1, -0.05) is 18.2 Å². The van der Waals surface area contributed by atoms with Crippen molar-refractivity contribution in [2.24, 2.45) is 0 Å². The van der Waals surface area contributed by atoms with E-state index < -0.39 is 32.9 Å². The molecule has 0 bridgehead atoms. The highest BCUT2D eigenvalue weighted by Crippen LogP contribution is 2.35. The molecule has 2 aromatic carbocycles. The van der Waals surface area contributed by atoms with Gasteiger partial charge in [0.15, 0.2) is 0 Å². The van der Waals surface area contributed by atoms with E-state index in [1.807, 2.05) is 0 Å². The van der Waals surface area contributed by atoms with E-state index in [2.05, 4.69) is 15.4 Å². The molecule has 0 saturated heterocycles. The van der Waals surface area contributed by atoms with Gasteiger partial charge in [0.2, 0.25) is 16.1 Å². The second-order valence-corrected chi connectivity index (χ2v) is 7.59. The first-order valence-electron chi connectivity index (χ1n) is 7.85. The highest BCUT2D eigenvalue weighted by atomic mass is 32.2. The Morgan fingerprint density at radius 3 is 2.54 bits per heavy atom. The molecule has 12 heteroatoms. The number of rotatable bonds is 6. The van der Waals surface area contributed by atoms with Crippen LogP contribution in [0.1, 0.15) is 5.56 Å². The molecule has 1 aliphatic heterocycles. The van der Waals surface area contributed by atoms with E-state index in [0.29, 0.717) is 0 Å². The number of aliphatic carboxylic acids is 1. The predicted molar refractivity (Wildman–Crippen MR) is 97.2 cm³/mol. The van der Waals surface area contributed by atoms with E-state index in [-0.39, 0.29) is 34.1 Å². The van der Waals surface area contributed by atoms with Gasteiger partial charge in [-0.3, -0.25) is 14.9 Å². The van der Waals surface area contributed by atoms with Crippen molar-refractivity contribution in [2.75, 3.05) is 10.6 Å². The Bertz CT molecular complexity index is 1070. The highest BCUT2D eigenvalue weighted by Gasteiger charge is 2.34. The molecule has 1 aliphatic rings. The number of nitro groups is 1. The molecule has 1 atom stereocenters. The summed E-state index contributed by atoms with van der Waals surface area (Å²) >= 11 is 0. The van der Waals surface area contributed by atoms with Crippen LogP contribution in [0.15, 0.2) is 47.4 Å². The number of amides is 1. The van der Waals surface area contributed by atoms with Crippen molar-refractivity contribution in [1.82, 2.24) is 4.72 Å². The van der Waals surface area contributed by atoms with Crippen LogP contribution in [0.3, 0.4) is 0 Å². The van der Waals surface area contributed by atoms with Gasteiger partial charge >= 0.3 is 5.97 Å². The number of nitro benzene ring substituents is 1. The number of carboxylic acids is 1. The zero-order chi connectivity index (χ0) is 20.5. The fourth-order valence-electron chi connectivity index (χ4n) is 2.64. The second-order valence-electron chi connectivity index (χ2n) is 5.83. The van der Waals surface area contributed by atoms with Gasteiger partial charge < -0.3 is 15.7 Å². The van der Waals surface area contributed by atoms with Crippen LogP contribution in [0, 0.1) is 10.1 Å². The van der Waals surface area contributed by atoms with Crippen LogP contribution in [-0.2, 0) is 26.2 Å². The molecule has 3 rings (SSSR count). The Morgan fingerprint density at radius 2 is 1.93 bits per heavy atom. The minimum atomic E-state index is -3.91. The summed E-state index contributed by atoms with van der Waals surface area (Å²) in [5, 5.41) is 25.1. The number of benzene rings is 2. The number of carbonyl (C=O) groups is 2. The van der Waals surface area contributed by atoms with E-state index in [0.717, 1.165) is 12.1 Å². The van der Waals surface area contributed by atoms with Crippen LogP contribution < -0.4 is 15.4 Å². The van der Waals surface area contributed by atoms with Crippen molar-refractivity contribution in [3.63, 3.8) is 0 Å². The number of non-ortho nitro benzene ring substituents is 1. The number of anilines is 2. The predicted octanol–water partition coefficient (Wildman–Crippen LogP) is 0.890. The largest absolute Gasteiger partial charge is 0.479 e. The van der Waals surface area contributed by atoms with Crippen molar-refractivity contribution in [2.45, 2.75) is 17.5 Å². The Kier molecular flexibility index (Phi) is 4.98. The van der Waals surface area contributed by atoms with Gasteiger partial charge in [0.1, 0.15) is 0 Å². The second kappa shape index (κ2) is 7.25. The van der Waals surface area contributed by atoms with Crippen LogP contribution in [-0.4, -0.2) is 36.4 Å². The molecule has 2 aromatic rings. The lowest BCUT2D eigenvalue weighted by Crippen LogP contribution is -2.45. The first-order chi connectivity index (χ1) is 13.2. The van der Waals surface area contributed by atoms with Gasteiger partial charge in [-0.15, -0.1) is 0 Å². The Hall–Kier alpha value is -3.51. The molecule has 1 amide bonds. The summed E-state index contributed by atoms with van der Waals surface area (Å²) in [6.07, 6.45) is 0. The van der Waals surface area contributed by atoms with Gasteiger partial charge in [0, 0.05) is 18.7 Å². The lowest BCUT2D eigenvalue weighted by atomic mass is 10.1. The summed E-state index contributed by atoms with van der Waals surface area (Å²) in [5.41, 5.74) is -0.197. The average molecular weight is 406 g/mol. The van der Waals surface area contributed by atoms with Crippen molar-refractivity contribution < 1.29 is 28.0 Å². The van der Waals surface area contributed by atoms with Gasteiger partial charge in [-0.25, -0.2) is 17.9 Å². The minimum absolute atomic E-state index is 0.000951. The topological polar surface area (TPSA) is 168 Å². The third-order valence-electron chi connectivity index (χ3n) is 3.98. The molecule has 1 heterocycles. The van der Waals surface area contributed by atoms with Crippen molar-refractivity contribution in [3.8, 4) is 0 Å². The maximum Gasteiger partial charge on any atom is 0.336 e. The number of carbonyl (C=O) groups excluding carboxylic acids is 1. The quantitative estimate of drug-likeness (QED) is 0.311. The lowest BCUT2D eigenvalue weighted by Gasteiger charge is -2.26. The SMILES string of the molecule is O=C(O)C1Nc2c(CNS(=O)(=O)c3ccccc3)cc([N+](=O)[O-])cc2NC1=O. The number of fused-ring (bicyclic) bond motifs is 1. The summed E-state index contributed by atoms with van der Waals surface area (Å²) in [4.78, 5) is 33.5. The smallest absolute Gasteiger partial charge is 0.336 e. The number of hydrogen-bond acceptors (Lipinski definition) is 7. The molecule has 11 nitrogen and oxygen atoms in total. The monoisotopic (exact) mass is 406 g/mol. The maximum atomic E-state index is 12.4. The van der Waals surface area contributed by atoms with E-state index in [9.17, 15) is 28.1 Å². The number of carboxylic acid groups (broad SMARTS) is 1. The Labute approximate surface area is 158 Å². The molecule has 0 fully saturated rings. The van der Waals surface area contributed by atoms with Crippen LogP contribution in [0.4, 0.5) is 17.1 Å². The molecule has 28 heavy (non-hydrogen) atoms. The third kappa shape index (κ3) is 3.77. The number of sulfonamides is 1. The fourth-order valence-corrected chi connectivity index (χ4v) is 3.67. The van der Waals surface area contributed by atoms with E-state index >= 15 is 0 Å². The van der Waals surface area contributed by atoms with Gasteiger partial charge in [-0.2, -0.15) is 0 Å². The third-order valence-corrected chi connectivity index (χ3v) is 5.39. The molecule has 146 valence electrons. The van der Waals surface area contributed by atoms with Crippen molar-refractivity contribution in [3.05, 3.63) is 58.1 Å². The summed E-state index contributed by atoms with van der Waals surface area (Å²) < 4.78 is 27.1. The van der Waals surface area contributed by atoms with E-state index in [4.69, 9.17) is 5.11 Å². The highest BCUT2D eigenvalue weighted by molar-refractivity contribution is 7.89. The zero-order valence-electron chi connectivity index (χ0n) is 14.1. The van der Waals surface area contributed by atoms with Gasteiger partial charge in [0.05, 0.1) is 21.2 Å². The first-order valence-corrected chi connectivity index (χ1v) is 9.33. The van der Waals surface area contributed by atoms with Gasteiger partial charge in [-0.05, 0) is 17.7 Å². The molecule has 0 saturated carbocycles. The van der Waals surface area contributed by atoms with Crippen LogP contribution >= 0.6 is 0 Å². The molecular weight excluding hydrogens is 392 g/mol. The standard InChI is InChI=1S/C16H14N4O7S/c21-15-14(16(22)23)19-13-9(6-10(20(24)25)7-12(13)18-15)8-17-28(26,27)11-4-2-1-3-5-11/h1-7,14,17,19H,8H2,(H,18,21)(H,22,23). The van der Waals surface area contributed by atoms with E-state index in [1.165, 1.54) is 12.1 Å². The van der Waals surface area contributed by atoms with Crippen molar-refractivity contribution in [1.29, 1.82) is 0 Å². The van der Waals surface area contributed by atoms with Crippen LogP contribution in [0.5, 0.6) is 0 Å². The molecule has 0 aromatic heterocycles. The fraction of sp³-hybridized carbons (Fsp3) is 0.125. The Balaban J connectivity index is 1.97. The molecule has 1 unspecified atom stereocenters. The summed E-state index contributed by atoms with van der Waals surface area (Å²) in [6, 6.07) is 8.04. The molecule has 0 aliphatic carbocycles. The van der Waals surface area contributed by atoms with E-state index in [1.54, 1.807) is 18.2 Å². The maximum absolute atomic E-state index is 12.4. The lowest BCUT2D eigenvalue weighted by molar-refractivity contribution is -0.384. The minimum Gasteiger partial charge on any atom is -0.479 e. The average Bonchev–Trinajstić information content (AvgIpc) is 2.65. The normalized spacial score (nSPS) is 15.9. The number of hydrogen-bond donors (Lipinski definition) is 4. The molecular formula is C16H14N4O7S. The van der Waals surface area contributed by atoms with Gasteiger partial charge in [0.25, 0.3) is 11.6 Å². The number of nitrogens with zero attached hydrogens (tertiary/aromatic N) is 1. The summed E-state index contributed by atoms with van der Waals surface area (Å²) in [5.74, 6) is -2.34. The first kappa shape index (κ1) is 19.3. The van der Waals surface area contributed by atoms with Crippen LogP contribution in [0.25, 0.3) is 0 Å². The zero-order valence-corrected chi connectivity index (χ0v) is 14.9. The molecule has 4 N–H and O–H groups in total. The molecule has 0 spiro atoms. The Morgan fingerprint density at radius 1 is 1.25 bits per heavy atom. The summed E-state index contributed by atoms with van der Waals surface area (Å²) in [7, 11) is -3.91. The number of nitrogens with one attached hydrogen (secondary N) is 3. The van der Waals surface area contributed by atoms with Crippen LogP contribution in [0.2, 0.25) is 0 Å². The van der Waals surface area contributed by atoms with Crippen molar-refractivity contribution >= 4 is 39.0 Å². The molecule has 0 radical (unpaired) electrons. The summed E-state index contributed by atoms with van der Waals surface area (Å²) in [6.45, 7) is -0.365.